The maximum Gasteiger partial charge on any atom is 0.251 e. The fourth-order valence-electron chi connectivity index (χ4n) is 2.01. The Morgan fingerprint density at radius 2 is 1.95 bits per heavy atom. The van der Waals surface area contributed by atoms with Crippen LogP contribution in [0.5, 0.6) is 5.75 Å². The largest absolute Gasteiger partial charge is 0.496 e. The van der Waals surface area contributed by atoms with Gasteiger partial charge in [-0.1, -0.05) is 35.9 Å². The number of benzene rings is 2. The molecule has 1 N–H and O–H groups in total. The van der Waals surface area contributed by atoms with Gasteiger partial charge in [-0.15, -0.1) is 0 Å². The Morgan fingerprint density at radius 3 is 2.65 bits per heavy atom. The first-order chi connectivity index (χ1) is 9.61. The van der Waals surface area contributed by atoms with Gasteiger partial charge in [0.2, 0.25) is 0 Å². The molecule has 0 unspecified atom stereocenters. The Hall–Kier alpha value is -2.00. The molecule has 0 fully saturated rings. The summed E-state index contributed by atoms with van der Waals surface area (Å²) in [5, 5.41) is 3.48. The number of carbonyl (C=O) groups is 1. The van der Waals surface area contributed by atoms with Crippen molar-refractivity contribution in [2.24, 2.45) is 0 Å². The standard InChI is InChI=1S/C16H16ClNO2/c1-11(14-8-3-4-9-15(14)20-2)18-16(19)12-6-5-7-13(17)10-12/h3-11H,1-2H3,(H,18,19)/t11-/m1/s1. The summed E-state index contributed by atoms with van der Waals surface area (Å²) in [6, 6.07) is 14.3. The zero-order valence-corrected chi connectivity index (χ0v) is 12.1. The summed E-state index contributed by atoms with van der Waals surface area (Å²) in [6.07, 6.45) is 0. The van der Waals surface area contributed by atoms with E-state index < -0.39 is 0 Å². The first-order valence-electron chi connectivity index (χ1n) is 6.31. The second-order valence-corrected chi connectivity index (χ2v) is 4.88. The minimum atomic E-state index is -0.161. The fourth-order valence-corrected chi connectivity index (χ4v) is 2.20. The van der Waals surface area contributed by atoms with E-state index in [-0.39, 0.29) is 11.9 Å². The number of hydrogen-bond acceptors (Lipinski definition) is 2. The summed E-state index contributed by atoms with van der Waals surface area (Å²) in [6.45, 7) is 1.92. The highest BCUT2D eigenvalue weighted by Crippen LogP contribution is 2.24. The van der Waals surface area contributed by atoms with Gasteiger partial charge in [0.05, 0.1) is 13.2 Å². The van der Waals surface area contributed by atoms with E-state index in [0.717, 1.165) is 11.3 Å². The third kappa shape index (κ3) is 3.31. The van der Waals surface area contributed by atoms with Gasteiger partial charge in [0.1, 0.15) is 5.75 Å². The lowest BCUT2D eigenvalue weighted by Gasteiger charge is -2.17. The van der Waals surface area contributed by atoms with E-state index in [0.29, 0.717) is 10.6 Å². The molecule has 0 radical (unpaired) electrons. The molecule has 0 aliphatic carbocycles. The van der Waals surface area contributed by atoms with Crippen LogP contribution in [0.25, 0.3) is 0 Å². The Morgan fingerprint density at radius 1 is 1.20 bits per heavy atom. The SMILES string of the molecule is COc1ccccc1[C@@H](C)NC(=O)c1cccc(Cl)c1. The van der Waals surface area contributed by atoms with Crippen LogP contribution in [0.15, 0.2) is 48.5 Å². The van der Waals surface area contributed by atoms with Gasteiger partial charge in [-0.2, -0.15) is 0 Å². The molecule has 0 heterocycles. The van der Waals surface area contributed by atoms with Gasteiger partial charge in [-0.3, -0.25) is 4.79 Å². The first-order valence-corrected chi connectivity index (χ1v) is 6.69. The smallest absolute Gasteiger partial charge is 0.251 e. The van der Waals surface area contributed by atoms with Gasteiger partial charge < -0.3 is 10.1 Å². The maximum atomic E-state index is 12.2. The number of amides is 1. The number of rotatable bonds is 4. The lowest BCUT2D eigenvalue weighted by Crippen LogP contribution is -2.26. The summed E-state index contributed by atoms with van der Waals surface area (Å²) >= 11 is 5.89. The van der Waals surface area contributed by atoms with Crippen molar-refractivity contribution in [3.8, 4) is 5.75 Å². The van der Waals surface area contributed by atoms with Crippen LogP contribution in [0.3, 0.4) is 0 Å². The van der Waals surface area contributed by atoms with Gasteiger partial charge in [0.15, 0.2) is 0 Å². The number of ether oxygens (including phenoxy) is 1. The molecule has 0 bridgehead atoms. The van der Waals surface area contributed by atoms with Crippen LogP contribution < -0.4 is 10.1 Å². The Bertz CT molecular complexity index is 613. The lowest BCUT2D eigenvalue weighted by molar-refractivity contribution is 0.0939. The van der Waals surface area contributed by atoms with Crippen LogP contribution in [0.1, 0.15) is 28.9 Å². The molecule has 3 nitrogen and oxygen atoms in total. The van der Waals surface area contributed by atoms with Crippen molar-refractivity contribution >= 4 is 17.5 Å². The number of halogens is 1. The predicted molar refractivity (Wildman–Crippen MR) is 80.3 cm³/mol. The molecule has 0 aliphatic heterocycles. The van der Waals surface area contributed by atoms with Gasteiger partial charge in [0.25, 0.3) is 5.91 Å². The second-order valence-electron chi connectivity index (χ2n) is 4.45. The van der Waals surface area contributed by atoms with Gasteiger partial charge >= 0.3 is 0 Å². The molecule has 2 rings (SSSR count). The van der Waals surface area contributed by atoms with Crippen molar-refractivity contribution in [1.82, 2.24) is 5.32 Å². The molecule has 0 spiro atoms. The van der Waals surface area contributed by atoms with Crippen molar-refractivity contribution in [2.45, 2.75) is 13.0 Å². The third-order valence-electron chi connectivity index (χ3n) is 3.04. The average Bonchev–Trinajstić information content (AvgIpc) is 2.47. The van der Waals surface area contributed by atoms with Gasteiger partial charge in [0, 0.05) is 16.1 Å². The van der Waals surface area contributed by atoms with Crippen molar-refractivity contribution in [1.29, 1.82) is 0 Å². The number of hydrogen-bond donors (Lipinski definition) is 1. The molecule has 2 aromatic rings. The molecular weight excluding hydrogens is 274 g/mol. The molecule has 0 saturated heterocycles. The van der Waals surface area contributed by atoms with E-state index >= 15 is 0 Å². The van der Waals surface area contributed by atoms with E-state index in [4.69, 9.17) is 16.3 Å². The van der Waals surface area contributed by atoms with Gasteiger partial charge in [-0.05, 0) is 31.2 Å². The third-order valence-corrected chi connectivity index (χ3v) is 3.27. The molecule has 4 heteroatoms. The maximum absolute atomic E-state index is 12.2. The Balaban J connectivity index is 2.15. The number of nitrogens with one attached hydrogen (secondary N) is 1. The zero-order chi connectivity index (χ0) is 14.5. The van der Waals surface area contributed by atoms with Gasteiger partial charge in [-0.25, -0.2) is 0 Å². The molecule has 0 saturated carbocycles. The molecule has 1 amide bonds. The monoisotopic (exact) mass is 289 g/mol. The first kappa shape index (κ1) is 14.4. The van der Waals surface area contributed by atoms with Crippen LogP contribution in [-0.4, -0.2) is 13.0 Å². The molecular formula is C16H16ClNO2. The normalized spacial score (nSPS) is 11.8. The van der Waals surface area contributed by atoms with E-state index in [2.05, 4.69) is 5.32 Å². The highest BCUT2D eigenvalue weighted by Gasteiger charge is 2.14. The Labute approximate surface area is 123 Å². The average molecular weight is 290 g/mol. The van der Waals surface area contributed by atoms with E-state index in [9.17, 15) is 4.79 Å². The summed E-state index contributed by atoms with van der Waals surface area (Å²) in [5.74, 6) is 0.595. The van der Waals surface area contributed by atoms with Crippen molar-refractivity contribution in [2.75, 3.05) is 7.11 Å². The summed E-state index contributed by atoms with van der Waals surface area (Å²) < 4.78 is 5.30. The van der Waals surface area contributed by atoms with Crippen molar-refractivity contribution in [3.05, 3.63) is 64.7 Å². The summed E-state index contributed by atoms with van der Waals surface area (Å²) in [4.78, 5) is 12.2. The van der Waals surface area contributed by atoms with Crippen LogP contribution in [0, 0.1) is 0 Å². The number of methoxy groups -OCH3 is 1. The molecule has 2 aromatic carbocycles. The van der Waals surface area contributed by atoms with Crippen LogP contribution in [0.4, 0.5) is 0 Å². The van der Waals surface area contributed by atoms with Crippen molar-refractivity contribution < 1.29 is 9.53 Å². The molecule has 0 aromatic heterocycles. The van der Waals surface area contributed by atoms with E-state index in [1.165, 1.54) is 0 Å². The molecule has 20 heavy (non-hydrogen) atoms. The lowest BCUT2D eigenvalue weighted by atomic mass is 10.1. The molecule has 0 aliphatic rings. The second kappa shape index (κ2) is 6.44. The topological polar surface area (TPSA) is 38.3 Å². The molecule has 1 atom stereocenters. The van der Waals surface area contributed by atoms with Crippen molar-refractivity contribution in [3.63, 3.8) is 0 Å². The summed E-state index contributed by atoms with van der Waals surface area (Å²) in [5.41, 5.74) is 1.48. The minimum absolute atomic E-state index is 0.155. The number of para-hydroxylation sites is 1. The summed E-state index contributed by atoms with van der Waals surface area (Å²) in [7, 11) is 1.62. The highest BCUT2D eigenvalue weighted by molar-refractivity contribution is 6.30. The molecule has 104 valence electrons. The quantitative estimate of drug-likeness (QED) is 0.929. The van der Waals surface area contributed by atoms with Crippen LogP contribution >= 0.6 is 11.6 Å². The Kier molecular flexibility index (Phi) is 4.64. The van der Waals surface area contributed by atoms with E-state index in [1.54, 1.807) is 31.4 Å². The highest BCUT2D eigenvalue weighted by atomic mass is 35.5. The number of carbonyl (C=O) groups excluding carboxylic acids is 1. The van der Waals surface area contributed by atoms with E-state index in [1.807, 2.05) is 31.2 Å². The minimum Gasteiger partial charge on any atom is -0.496 e. The predicted octanol–water partition coefficient (Wildman–Crippen LogP) is 3.84. The van der Waals surface area contributed by atoms with Crippen LogP contribution in [0.2, 0.25) is 5.02 Å². The fraction of sp³-hybridized carbons (Fsp3) is 0.188. The van der Waals surface area contributed by atoms with Crippen LogP contribution in [-0.2, 0) is 0 Å². The zero-order valence-electron chi connectivity index (χ0n) is 11.4.